The van der Waals surface area contributed by atoms with Crippen molar-refractivity contribution in [3.8, 4) is 0 Å². The van der Waals surface area contributed by atoms with E-state index in [4.69, 9.17) is 5.73 Å². The molecule has 5 heteroatoms. The zero-order valence-corrected chi connectivity index (χ0v) is 11.4. The predicted molar refractivity (Wildman–Crippen MR) is 76.0 cm³/mol. The zero-order chi connectivity index (χ0) is 14.3. The van der Waals surface area contributed by atoms with Gasteiger partial charge in [-0.2, -0.15) is 0 Å². The summed E-state index contributed by atoms with van der Waals surface area (Å²) >= 11 is 0. The van der Waals surface area contributed by atoms with Crippen LogP contribution in [0, 0.1) is 0 Å². The monoisotopic (exact) mass is 263 g/mol. The smallest absolute Gasteiger partial charge is 0.253 e. The Bertz CT molecular complexity index is 444. The molecule has 1 aromatic rings. The van der Waals surface area contributed by atoms with Gasteiger partial charge in [0.1, 0.15) is 0 Å². The first-order valence-electron chi connectivity index (χ1n) is 6.50. The van der Waals surface area contributed by atoms with E-state index < -0.39 is 6.04 Å². The molecule has 0 aromatic heterocycles. The van der Waals surface area contributed by atoms with Crippen LogP contribution < -0.4 is 16.4 Å². The number of carbonyl (C=O) groups is 2. The topological polar surface area (TPSA) is 84.2 Å². The maximum absolute atomic E-state index is 12.0. The molecule has 1 aromatic carbocycles. The lowest BCUT2D eigenvalue weighted by molar-refractivity contribution is -0.117. The maximum Gasteiger partial charge on any atom is 0.253 e. The summed E-state index contributed by atoms with van der Waals surface area (Å²) in [7, 11) is 0. The molecule has 0 spiro atoms. The van der Waals surface area contributed by atoms with Crippen LogP contribution in [0.3, 0.4) is 0 Å². The molecule has 0 saturated carbocycles. The quantitative estimate of drug-likeness (QED) is 0.680. The van der Waals surface area contributed by atoms with Crippen LogP contribution in [0.2, 0.25) is 0 Å². The van der Waals surface area contributed by atoms with Gasteiger partial charge in [0.15, 0.2) is 0 Å². The summed E-state index contributed by atoms with van der Waals surface area (Å²) in [5.74, 6) is -0.497. The standard InChI is InChI=1S/C14H21N3O2/c1-3-4-9-16-14(19)11-7-5-6-8-12(11)17-13(18)10(2)15/h5-8,10H,3-4,9,15H2,1-2H3,(H,16,19)(H,17,18)/t10-/m0/s1. The Kier molecular flexibility index (Phi) is 6.02. The van der Waals surface area contributed by atoms with Gasteiger partial charge in [-0.1, -0.05) is 25.5 Å². The first kappa shape index (κ1) is 15.2. The summed E-state index contributed by atoms with van der Waals surface area (Å²) in [6.07, 6.45) is 1.95. The molecule has 0 radical (unpaired) electrons. The summed E-state index contributed by atoms with van der Waals surface area (Å²) < 4.78 is 0. The Balaban J connectivity index is 2.77. The van der Waals surface area contributed by atoms with Crippen LogP contribution in [-0.2, 0) is 4.79 Å². The van der Waals surface area contributed by atoms with Crippen molar-refractivity contribution in [1.29, 1.82) is 0 Å². The fraction of sp³-hybridized carbons (Fsp3) is 0.429. The Labute approximate surface area is 113 Å². The van der Waals surface area contributed by atoms with Gasteiger partial charge in [-0.25, -0.2) is 0 Å². The van der Waals surface area contributed by atoms with Crippen molar-refractivity contribution in [1.82, 2.24) is 5.32 Å². The number of nitrogens with two attached hydrogens (primary N) is 1. The molecule has 19 heavy (non-hydrogen) atoms. The van der Waals surface area contributed by atoms with Crippen LogP contribution in [0.4, 0.5) is 5.69 Å². The van der Waals surface area contributed by atoms with E-state index in [-0.39, 0.29) is 11.8 Å². The van der Waals surface area contributed by atoms with E-state index >= 15 is 0 Å². The van der Waals surface area contributed by atoms with E-state index in [0.717, 1.165) is 12.8 Å². The summed E-state index contributed by atoms with van der Waals surface area (Å²) in [4.78, 5) is 23.6. The molecule has 0 aliphatic carbocycles. The minimum Gasteiger partial charge on any atom is -0.352 e. The normalized spacial score (nSPS) is 11.7. The van der Waals surface area contributed by atoms with E-state index in [9.17, 15) is 9.59 Å². The average Bonchev–Trinajstić information content (AvgIpc) is 2.39. The summed E-state index contributed by atoms with van der Waals surface area (Å²) in [6.45, 7) is 4.28. The Morgan fingerprint density at radius 2 is 2.00 bits per heavy atom. The molecule has 2 amide bonds. The number of hydrogen-bond acceptors (Lipinski definition) is 3. The number of hydrogen-bond donors (Lipinski definition) is 3. The third kappa shape index (κ3) is 4.71. The number of rotatable bonds is 6. The molecule has 4 N–H and O–H groups in total. The Hall–Kier alpha value is -1.88. The van der Waals surface area contributed by atoms with Crippen molar-refractivity contribution < 1.29 is 9.59 Å². The average molecular weight is 263 g/mol. The van der Waals surface area contributed by atoms with Crippen LogP contribution in [0.1, 0.15) is 37.0 Å². The zero-order valence-electron chi connectivity index (χ0n) is 11.4. The van der Waals surface area contributed by atoms with Gasteiger partial charge in [-0.15, -0.1) is 0 Å². The number of carbonyl (C=O) groups excluding carboxylic acids is 2. The van der Waals surface area contributed by atoms with Crippen LogP contribution in [-0.4, -0.2) is 24.4 Å². The van der Waals surface area contributed by atoms with E-state index in [1.807, 2.05) is 0 Å². The highest BCUT2D eigenvalue weighted by Crippen LogP contribution is 2.15. The highest BCUT2D eigenvalue weighted by molar-refractivity contribution is 6.04. The van der Waals surface area contributed by atoms with E-state index in [2.05, 4.69) is 17.6 Å². The predicted octanol–water partition coefficient (Wildman–Crippen LogP) is 1.50. The van der Waals surface area contributed by atoms with Crippen molar-refractivity contribution in [3.63, 3.8) is 0 Å². The maximum atomic E-state index is 12.0. The van der Waals surface area contributed by atoms with Crippen molar-refractivity contribution in [3.05, 3.63) is 29.8 Å². The second kappa shape index (κ2) is 7.53. The van der Waals surface area contributed by atoms with Gasteiger partial charge in [0, 0.05) is 6.54 Å². The molecule has 1 rings (SSSR count). The van der Waals surface area contributed by atoms with Crippen molar-refractivity contribution in [2.75, 3.05) is 11.9 Å². The summed E-state index contributed by atoms with van der Waals surface area (Å²) in [6, 6.07) is 6.28. The van der Waals surface area contributed by atoms with Gasteiger partial charge < -0.3 is 16.4 Å². The highest BCUT2D eigenvalue weighted by atomic mass is 16.2. The van der Waals surface area contributed by atoms with Crippen molar-refractivity contribution >= 4 is 17.5 Å². The van der Waals surface area contributed by atoms with Gasteiger partial charge in [0.05, 0.1) is 17.3 Å². The van der Waals surface area contributed by atoms with E-state index in [0.29, 0.717) is 17.8 Å². The van der Waals surface area contributed by atoms with Gasteiger partial charge in [0.2, 0.25) is 5.91 Å². The fourth-order valence-electron chi connectivity index (χ4n) is 1.51. The first-order valence-corrected chi connectivity index (χ1v) is 6.50. The van der Waals surface area contributed by atoms with Gasteiger partial charge in [-0.3, -0.25) is 9.59 Å². The lowest BCUT2D eigenvalue weighted by atomic mass is 10.1. The number of unbranched alkanes of at least 4 members (excludes halogenated alkanes) is 1. The van der Waals surface area contributed by atoms with Crippen LogP contribution >= 0.6 is 0 Å². The Morgan fingerprint density at radius 3 is 2.63 bits per heavy atom. The van der Waals surface area contributed by atoms with E-state index in [1.54, 1.807) is 31.2 Å². The molecule has 0 saturated heterocycles. The highest BCUT2D eigenvalue weighted by Gasteiger charge is 2.14. The molecule has 0 fully saturated rings. The first-order chi connectivity index (χ1) is 9.06. The lowest BCUT2D eigenvalue weighted by Gasteiger charge is -2.12. The molecule has 5 nitrogen and oxygen atoms in total. The molecule has 0 aliphatic heterocycles. The van der Waals surface area contributed by atoms with E-state index in [1.165, 1.54) is 0 Å². The molecular weight excluding hydrogens is 242 g/mol. The molecule has 1 atom stereocenters. The molecule has 0 bridgehead atoms. The number of anilines is 1. The number of nitrogens with one attached hydrogen (secondary N) is 2. The fourth-order valence-corrected chi connectivity index (χ4v) is 1.51. The molecule has 104 valence electrons. The lowest BCUT2D eigenvalue weighted by Crippen LogP contribution is -2.33. The number of amides is 2. The molecule has 0 unspecified atom stereocenters. The largest absolute Gasteiger partial charge is 0.352 e. The van der Waals surface area contributed by atoms with Crippen molar-refractivity contribution in [2.45, 2.75) is 32.7 Å². The molecular formula is C14H21N3O2. The number of benzene rings is 1. The molecule has 0 aliphatic rings. The molecule has 0 heterocycles. The van der Waals surface area contributed by atoms with Crippen LogP contribution in [0.15, 0.2) is 24.3 Å². The minimum atomic E-state index is -0.615. The third-order valence-corrected chi connectivity index (χ3v) is 2.66. The van der Waals surface area contributed by atoms with Gasteiger partial charge >= 0.3 is 0 Å². The minimum absolute atomic E-state index is 0.186. The van der Waals surface area contributed by atoms with Crippen LogP contribution in [0.25, 0.3) is 0 Å². The van der Waals surface area contributed by atoms with Gasteiger partial charge in [0.25, 0.3) is 5.91 Å². The van der Waals surface area contributed by atoms with Gasteiger partial charge in [-0.05, 0) is 25.5 Å². The SMILES string of the molecule is CCCCNC(=O)c1ccccc1NC(=O)[C@H](C)N. The third-order valence-electron chi connectivity index (χ3n) is 2.66. The number of para-hydroxylation sites is 1. The van der Waals surface area contributed by atoms with Crippen molar-refractivity contribution in [2.24, 2.45) is 5.73 Å². The Morgan fingerprint density at radius 1 is 1.32 bits per heavy atom. The summed E-state index contributed by atoms with van der Waals surface area (Å²) in [5.41, 5.74) is 6.43. The second-order valence-electron chi connectivity index (χ2n) is 4.43. The second-order valence-corrected chi connectivity index (χ2v) is 4.43. The summed E-state index contributed by atoms with van der Waals surface area (Å²) in [5, 5.41) is 5.48. The van der Waals surface area contributed by atoms with Crippen LogP contribution in [0.5, 0.6) is 0 Å².